The third-order valence-corrected chi connectivity index (χ3v) is 4.82. The number of non-ortho nitro benzene ring substituents is 1. The standard InChI is InChI=1S/C17H15N3O5S/c1-3-25-17(22)10(2)19-9-18-15-14(16(19)21)13(8-26-15)11-5-4-6-12(7-11)20(23)24/h4-10H,3H2,1-2H3/t10-/m1/s1. The van der Waals surface area contributed by atoms with Gasteiger partial charge in [0.25, 0.3) is 11.2 Å². The highest BCUT2D eigenvalue weighted by molar-refractivity contribution is 7.17. The van der Waals surface area contributed by atoms with Crippen molar-refractivity contribution < 1.29 is 14.5 Å². The van der Waals surface area contributed by atoms with Gasteiger partial charge in [-0.2, -0.15) is 0 Å². The van der Waals surface area contributed by atoms with Crippen LogP contribution in [0.25, 0.3) is 21.3 Å². The van der Waals surface area contributed by atoms with Crippen molar-refractivity contribution in [2.75, 3.05) is 6.61 Å². The van der Waals surface area contributed by atoms with Crippen molar-refractivity contribution in [3.05, 3.63) is 56.4 Å². The number of carbonyl (C=O) groups is 1. The van der Waals surface area contributed by atoms with Crippen LogP contribution in [0.1, 0.15) is 19.9 Å². The van der Waals surface area contributed by atoms with Gasteiger partial charge < -0.3 is 4.74 Å². The Hall–Kier alpha value is -3.07. The van der Waals surface area contributed by atoms with Gasteiger partial charge in [-0.3, -0.25) is 19.5 Å². The Labute approximate surface area is 151 Å². The van der Waals surface area contributed by atoms with Gasteiger partial charge >= 0.3 is 5.97 Å². The first-order chi connectivity index (χ1) is 12.4. The Kier molecular flexibility index (Phi) is 4.81. The maximum absolute atomic E-state index is 12.9. The molecule has 0 saturated heterocycles. The zero-order valence-electron chi connectivity index (χ0n) is 14.0. The van der Waals surface area contributed by atoms with Gasteiger partial charge in [-0.25, -0.2) is 9.78 Å². The number of carbonyl (C=O) groups excluding carboxylic acids is 1. The van der Waals surface area contributed by atoms with E-state index in [0.29, 0.717) is 21.3 Å². The number of nitrogens with zero attached hydrogens (tertiary/aromatic N) is 3. The fourth-order valence-electron chi connectivity index (χ4n) is 2.60. The second-order valence-corrected chi connectivity index (χ2v) is 6.38. The van der Waals surface area contributed by atoms with E-state index in [4.69, 9.17) is 4.74 Å². The highest BCUT2D eigenvalue weighted by Crippen LogP contribution is 2.32. The number of esters is 1. The van der Waals surface area contributed by atoms with Gasteiger partial charge in [-0.15, -0.1) is 11.3 Å². The predicted molar refractivity (Wildman–Crippen MR) is 97.3 cm³/mol. The SMILES string of the molecule is CCOC(=O)[C@@H](C)n1cnc2scc(-c3cccc([N+](=O)[O-])c3)c2c1=O. The van der Waals surface area contributed by atoms with Crippen molar-refractivity contribution in [2.45, 2.75) is 19.9 Å². The van der Waals surface area contributed by atoms with E-state index in [1.165, 1.54) is 34.4 Å². The lowest BCUT2D eigenvalue weighted by molar-refractivity contribution is -0.384. The zero-order valence-corrected chi connectivity index (χ0v) is 14.9. The molecule has 0 fully saturated rings. The molecule has 1 aromatic carbocycles. The van der Waals surface area contributed by atoms with Crippen LogP contribution in [0, 0.1) is 10.1 Å². The number of rotatable bonds is 5. The molecule has 3 rings (SSSR count). The molecule has 0 amide bonds. The highest BCUT2D eigenvalue weighted by atomic mass is 32.1. The number of hydrogen-bond donors (Lipinski definition) is 0. The molecule has 0 unspecified atom stereocenters. The lowest BCUT2D eigenvalue weighted by Gasteiger charge is -2.13. The van der Waals surface area contributed by atoms with Gasteiger partial charge in [0.05, 0.1) is 23.2 Å². The predicted octanol–water partition coefficient (Wildman–Crippen LogP) is 3.16. The van der Waals surface area contributed by atoms with E-state index < -0.39 is 22.5 Å². The second-order valence-electron chi connectivity index (χ2n) is 5.52. The minimum absolute atomic E-state index is 0.0639. The zero-order chi connectivity index (χ0) is 18.8. The molecule has 2 aromatic heterocycles. The van der Waals surface area contributed by atoms with E-state index in [1.54, 1.807) is 31.4 Å². The van der Waals surface area contributed by atoms with E-state index >= 15 is 0 Å². The van der Waals surface area contributed by atoms with Crippen molar-refractivity contribution in [2.24, 2.45) is 0 Å². The Bertz CT molecular complexity index is 1060. The summed E-state index contributed by atoms with van der Waals surface area (Å²) in [5, 5.41) is 13.1. The molecule has 9 heteroatoms. The van der Waals surface area contributed by atoms with E-state index in [-0.39, 0.29) is 12.3 Å². The van der Waals surface area contributed by atoms with Crippen LogP contribution in [0.3, 0.4) is 0 Å². The molecular formula is C17H15N3O5S. The number of benzene rings is 1. The molecule has 0 aliphatic heterocycles. The van der Waals surface area contributed by atoms with E-state index in [0.717, 1.165) is 0 Å². The van der Waals surface area contributed by atoms with E-state index in [1.807, 2.05) is 0 Å². The summed E-state index contributed by atoms with van der Waals surface area (Å²) < 4.78 is 6.18. The molecule has 0 aliphatic carbocycles. The van der Waals surface area contributed by atoms with Crippen LogP contribution in [-0.4, -0.2) is 27.1 Å². The molecule has 134 valence electrons. The lowest BCUT2D eigenvalue weighted by Crippen LogP contribution is -2.29. The van der Waals surface area contributed by atoms with Gasteiger partial charge in [0.2, 0.25) is 0 Å². The van der Waals surface area contributed by atoms with Crippen molar-refractivity contribution in [3.63, 3.8) is 0 Å². The molecule has 26 heavy (non-hydrogen) atoms. The average Bonchev–Trinajstić information content (AvgIpc) is 3.07. The minimum Gasteiger partial charge on any atom is -0.464 e. The summed E-state index contributed by atoms with van der Waals surface area (Å²) in [6, 6.07) is 5.23. The first-order valence-corrected chi connectivity index (χ1v) is 8.71. The summed E-state index contributed by atoms with van der Waals surface area (Å²) in [7, 11) is 0. The summed E-state index contributed by atoms with van der Waals surface area (Å²) in [5.41, 5.74) is 0.645. The summed E-state index contributed by atoms with van der Waals surface area (Å²) in [6.07, 6.45) is 1.32. The first kappa shape index (κ1) is 17.7. The molecule has 8 nitrogen and oxygen atoms in total. The van der Waals surface area contributed by atoms with Crippen molar-refractivity contribution in [1.29, 1.82) is 0 Å². The summed E-state index contributed by atoms with van der Waals surface area (Å²) in [6.45, 7) is 3.46. The first-order valence-electron chi connectivity index (χ1n) is 7.83. The highest BCUT2D eigenvalue weighted by Gasteiger charge is 2.21. The number of ether oxygens (including phenoxy) is 1. The monoisotopic (exact) mass is 373 g/mol. The van der Waals surface area contributed by atoms with Crippen LogP contribution in [0.5, 0.6) is 0 Å². The van der Waals surface area contributed by atoms with Crippen LogP contribution in [0.4, 0.5) is 5.69 Å². The maximum atomic E-state index is 12.9. The van der Waals surface area contributed by atoms with Crippen LogP contribution in [0.15, 0.2) is 40.8 Å². The topological polar surface area (TPSA) is 104 Å². The molecule has 0 radical (unpaired) electrons. The van der Waals surface area contributed by atoms with Crippen molar-refractivity contribution in [3.8, 4) is 11.1 Å². The summed E-state index contributed by atoms with van der Waals surface area (Å²) in [5.74, 6) is -0.525. The van der Waals surface area contributed by atoms with Crippen LogP contribution >= 0.6 is 11.3 Å². The minimum atomic E-state index is -0.822. The van der Waals surface area contributed by atoms with Gasteiger partial charge in [0, 0.05) is 23.1 Å². The molecular weight excluding hydrogens is 358 g/mol. The van der Waals surface area contributed by atoms with Gasteiger partial charge in [0.15, 0.2) is 0 Å². The molecule has 1 atom stereocenters. The molecule has 2 heterocycles. The van der Waals surface area contributed by atoms with Crippen molar-refractivity contribution in [1.82, 2.24) is 9.55 Å². The number of hydrogen-bond acceptors (Lipinski definition) is 7. The molecule has 3 aromatic rings. The van der Waals surface area contributed by atoms with Gasteiger partial charge in [-0.05, 0) is 19.4 Å². The molecule has 0 saturated carbocycles. The smallest absolute Gasteiger partial charge is 0.328 e. The second kappa shape index (κ2) is 7.04. The van der Waals surface area contributed by atoms with Gasteiger partial charge in [-0.1, -0.05) is 12.1 Å². The number of fused-ring (bicyclic) bond motifs is 1. The quantitative estimate of drug-likeness (QED) is 0.386. The Morgan fingerprint density at radius 1 is 1.46 bits per heavy atom. The number of aromatic nitrogens is 2. The van der Waals surface area contributed by atoms with E-state index in [9.17, 15) is 19.7 Å². The fourth-order valence-corrected chi connectivity index (χ4v) is 3.50. The van der Waals surface area contributed by atoms with Crippen LogP contribution < -0.4 is 5.56 Å². The van der Waals surface area contributed by atoms with E-state index in [2.05, 4.69) is 4.98 Å². The van der Waals surface area contributed by atoms with Crippen molar-refractivity contribution >= 4 is 33.2 Å². The summed E-state index contributed by atoms with van der Waals surface area (Å²) >= 11 is 1.27. The molecule has 0 aliphatic rings. The maximum Gasteiger partial charge on any atom is 0.328 e. The molecule has 0 spiro atoms. The number of nitro benzene ring substituents is 1. The van der Waals surface area contributed by atoms with Gasteiger partial charge in [0.1, 0.15) is 10.9 Å². The Morgan fingerprint density at radius 2 is 2.23 bits per heavy atom. The fraction of sp³-hybridized carbons (Fsp3) is 0.235. The average molecular weight is 373 g/mol. The normalized spacial score (nSPS) is 12.1. The number of nitro groups is 1. The third kappa shape index (κ3) is 3.08. The largest absolute Gasteiger partial charge is 0.464 e. The lowest BCUT2D eigenvalue weighted by atomic mass is 10.1. The molecule has 0 bridgehead atoms. The Morgan fingerprint density at radius 3 is 2.92 bits per heavy atom. The van der Waals surface area contributed by atoms with Crippen LogP contribution in [0.2, 0.25) is 0 Å². The number of thiophene rings is 1. The third-order valence-electron chi connectivity index (χ3n) is 3.93. The molecule has 0 N–H and O–H groups in total. The summed E-state index contributed by atoms with van der Waals surface area (Å²) in [4.78, 5) is 40.2. The Balaban J connectivity index is 2.16. The van der Waals surface area contributed by atoms with Crippen LogP contribution in [-0.2, 0) is 9.53 Å².